The SMILES string of the molecule is CCOc1cc(C=C(C#N)c2cccc([N+](=O)[O-])c2)ccc1OCc1ccccc1. The van der Waals surface area contributed by atoms with Crippen molar-refractivity contribution in [3.63, 3.8) is 0 Å². The van der Waals surface area contributed by atoms with Gasteiger partial charge >= 0.3 is 0 Å². The Kier molecular flexibility index (Phi) is 6.80. The predicted octanol–water partition coefficient (Wildman–Crippen LogP) is 5.64. The van der Waals surface area contributed by atoms with E-state index in [1.54, 1.807) is 30.3 Å². The number of nitro benzene ring substituents is 1. The molecule has 150 valence electrons. The highest BCUT2D eigenvalue weighted by atomic mass is 16.6. The van der Waals surface area contributed by atoms with Crippen LogP contribution in [-0.2, 0) is 6.61 Å². The highest BCUT2D eigenvalue weighted by molar-refractivity contribution is 5.90. The lowest BCUT2D eigenvalue weighted by Gasteiger charge is -2.13. The number of ether oxygens (including phenoxy) is 2. The van der Waals surface area contributed by atoms with Gasteiger partial charge in [-0.1, -0.05) is 48.5 Å². The van der Waals surface area contributed by atoms with Gasteiger partial charge in [0.1, 0.15) is 6.61 Å². The van der Waals surface area contributed by atoms with Crippen molar-refractivity contribution in [2.45, 2.75) is 13.5 Å². The molecule has 6 heteroatoms. The summed E-state index contributed by atoms with van der Waals surface area (Å²) in [5.74, 6) is 1.17. The molecule has 0 saturated carbocycles. The van der Waals surface area contributed by atoms with Crippen LogP contribution in [0.3, 0.4) is 0 Å². The van der Waals surface area contributed by atoms with Crippen LogP contribution in [0.15, 0.2) is 72.8 Å². The van der Waals surface area contributed by atoms with Gasteiger partial charge < -0.3 is 9.47 Å². The summed E-state index contributed by atoms with van der Waals surface area (Å²) in [6.45, 7) is 2.76. The molecule has 0 bridgehead atoms. The summed E-state index contributed by atoms with van der Waals surface area (Å²) in [7, 11) is 0. The van der Waals surface area contributed by atoms with Crippen LogP contribution < -0.4 is 9.47 Å². The summed E-state index contributed by atoms with van der Waals surface area (Å²) in [6, 6.07) is 23.3. The second-order valence-electron chi connectivity index (χ2n) is 6.39. The van der Waals surface area contributed by atoms with Crippen LogP contribution in [0, 0.1) is 21.4 Å². The Morgan fingerprint density at radius 1 is 1.03 bits per heavy atom. The Morgan fingerprint density at radius 3 is 2.53 bits per heavy atom. The predicted molar refractivity (Wildman–Crippen MR) is 115 cm³/mol. The Hall–Kier alpha value is -4.11. The number of nitrogens with zero attached hydrogens (tertiary/aromatic N) is 2. The van der Waals surface area contributed by atoms with Gasteiger partial charge in [0, 0.05) is 12.1 Å². The van der Waals surface area contributed by atoms with Gasteiger partial charge in [0.15, 0.2) is 11.5 Å². The largest absolute Gasteiger partial charge is 0.490 e. The van der Waals surface area contributed by atoms with E-state index in [1.807, 2.05) is 43.3 Å². The molecule has 0 saturated heterocycles. The summed E-state index contributed by atoms with van der Waals surface area (Å²) < 4.78 is 11.6. The van der Waals surface area contributed by atoms with Crippen molar-refractivity contribution in [2.75, 3.05) is 6.61 Å². The van der Waals surface area contributed by atoms with E-state index in [1.165, 1.54) is 12.1 Å². The minimum Gasteiger partial charge on any atom is -0.490 e. The molecule has 0 heterocycles. The highest BCUT2D eigenvalue weighted by Crippen LogP contribution is 2.31. The second kappa shape index (κ2) is 9.89. The lowest BCUT2D eigenvalue weighted by atomic mass is 10.0. The fourth-order valence-corrected chi connectivity index (χ4v) is 2.87. The quantitative estimate of drug-likeness (QED) is 0.211. The normalized spacial score (nSPS) is 10.9. The number of allylic oxidation sites excluding steroid dienone is 1. The van der Waals surface area contributed by atoms with Crippen molar-refractivity contribution < 1.29 is 14.4 Å². The van der Waals surface area contributed by atoms with E-state index in [0.717, 1.165) is 11.1 Å². The van der Waals surface area contributed by atoms with E-state index in [2.05, 4.69) is 6.07 Å². The fraction of sp³-hybridized carbons (Fsp3) is 0.125. The molecule has 0 aliphatic heterocycles. The van der Waals surface area contributed by atoms with E-state index in [-0.39, 0.29) is 5.69 Å². The monoisotopic (exact) mass is 400 g/mol. The zero-order valence-electron chi connectivity index (χ0n) is 16.4. The first-order valence-corrected chi connectivity index (χ1v) is 9.41. The smallest absolute Gasteiger partial charge is 0.270 e. The minimum atomic E-state index is -0.482. The average molecular weight is 400 g/mol. The van der Waals surface area contributed by atoms with E-state index >= 15 is 0 Å². The zero-order chi connectivity index (χ0) is 21.3. The number of non-ortho nitro benzene ring substituents is 1. The Balaban J connectivity index is 1.88. The van der Waals surface area contributed by atoms with Gasteiger partial charge in [0.25, 0.3) is 5.69 Å². The molecule has 0 aliphatic rings. The fourth-order valence-electron chi connectivity index (χ4n) is 2.87. The molecule has 0 atom stereocenters. The van der Waals surface area contributed by atoms with Crippen LogP contribution >= 0.6 is 0 Å². The Bertz CT molecular complexity index is 1100. The molecule has 6 nitrogen and oxygen atoms in total. The first-order valence-electron chi connectivity index (χ1n) is 9.41. The molecule has 0 spiro atoms. The number of hydrogen-bond donors (Lipinski definition) is 0. The van der Waals surface area contributed by atoms with E-state index in [9.17, 15) is 15.4 Å². The summed E-state index contributed by atoms with van der Waals surface area (Å²) in [4.78, 5) is 10.5. The molecule has 0 amide bonds. The van der Waals surface area contributed by atoms with Crippen molar-refractivity contribution in [1.29, 1.82) is 5.26 Å². The van der Waals surface area contributed by atoms with Gasteiger partial charge in [-0.25, -0.2) is 0 Å². The van der Waals surface area contributed by atoms with Crippen LogP contribution in [0.5, 0.6) is 11.5 Å². The maximum atomic E-state index is 11.0. The maximum Gasteiger partial charge on any atom is 0.270 e. The lowest BCUT2D eigenvalue weighted by molar-refractivity contribution is -0.384. The molecule has 0 radical (unpaired) electrons. The molecule has 0 aliphatic carbocycles. The molecule has 0 N–H and O–H groups in total. The van der Waals surface area contributed by atoms with E-state index < -0.39 is 4.92 Å². The summed E-state index contributed by atoms with van der Waals surface area (Å²) >= 11 is 0. The molecule has 0 aromatic heterocycles. The van der Waals surface area contributed by atoms with Crippen LogP contribution in [0.4, 0.5) is 5.69 Å². The standard InChI is InChI=1S/C24H20N2O4/c1-2-29-24-14-19(11-12-23(24)30-17-18-7-4-3-5-8-18)13-21(16-25)20-9-6-10-22(15-20)26(27)28/h3-15H,2,17H2,1H3. The molecule has 0 fully saturated rings. The molecule has 3 aromatic rings. The van der Waals surface area contributed by atoms with Gasteiger partial charge in [0.05, 0.1) is 23.2 Å². The molecular weight excluding hydrogens is 380 g/mol. The lowest BCUT2D eigenvalue weighted by Crippen LogP contribution is -2.00. The highest BCUT2D eigenvalue weighted by Gasteiger charge is 2.11. The summed E-state index contributed by atoms with van der Waals surface area (Å²) in [6.07, 6.45) is 1.67. The van der Waals surface area contributed by atoms with Crippen molar-refractivity contribution in [1.82, 2.24) is 0 Å². The first kappa shape index (κ1) is 20.6. The van der Waals surface area contributed by atoms with E-state index in [0.29, 0.717) is 35.8 Å². The summed E-state index contributed by atoms with van der Waals surface area (Å²) in [5.41, 5.74) is 2.51. The summed E-state index contributed by atoms with van der Waals surface area (Å²) in [5, 5.41) is 20.6. The van der Waals surface area contributed by atoms with Crippen LogP contribution in [0.1, 0.15) is 23.6 Å². The van der Waals surface area contributed by atoms with Gasteiger partial charge in [-0.3, -0.25) is 10.1 Å². The third kappa shape index (κ3) is 5.24. The average Bonchev–Trinajstić information content (AvgIpc) is 2.78. The number of hydrogen-bond acceptors (Lipinski definition) is 5. The number of rotatable bonds is 8. The first-order chi connectivity index (χ1) is 14.6. The molecule has 3 aromatic carbocycles. The topological polar surface area (TPSA) is 85.4 Å². The van der Waals surface area contributed by atoms with Crippen molar-refractivity contribution in [3.8, 4) is 17.6 Å². The molecular formula is C24H20N2O4. The third-order valence-corrected chi connectivity index (χ3v) is 4.30. The Morgan fingerprint density at radius 2 is 1.83 bits per heavy atom. The van der Waals surface area contributed by atoms with Gasteiger partial charge in [0.2, 0.25) is 0 Å². The maximum absolute atomic E-state index is 11.0. The molecule has 0 unspecified atom stereocenters. The van der Waals surface area contributed by atoms with Gasteiger partial charge in [-0.15, -0.1) is 0 Å². The van der Waals surface area contributed by atoms with Crippen LogP contribution in [0.2, 0.25) is 0 Å². The van der Waals surface area contributed by atoms with Crippen LogP contribution in [-0.4, -0.2) is 11.5 Å². The minimum absolute atomic E-state index is 0.0617. The third-order valence-electron chi connectivity index (χ3n) is 4.30. The van der Waals surface area contributed by atoms with Gasteiger partial charge in [-0.2, -0.15) is 5.26 Å². The van der Waals surface area contributed by atoms with Crippen molar-refractivity contribution >= 4 is 17.3 Å². The van der Waals surface area contributed by atoms with E-state index in [4.69, 9.17) is 9.47 Å². The number of nitriles is 1. The zero-order valence-corrected chi connectivity index (χ0v) is 16.4. The van der Waals surface area contributed by atoms with Gasteiger partial charge in [-0.05, 0) is 41.8 Å². The number of benzene rings is 3. The number of nitro groups is 1. The van der Waals surface area contributed by atoms with Crippen molar-refractivity contribution in [3.05, 3.63) is 99.6 Å². The van der Waals surface area contributed by atoms with Crippen LogP contribution in [0.25, 0.3) is 11.6 Å². The second-order valence-corrected chi connectivity index (χ2v) is 6.39. The Labute approximate surface area is 174 Å². The molecule has 3 rings (SSSR count). The van der Waals surface area contributed by atoms with Crippen molar-refractivity contribution in [2.24, 2.45) is 0 Å². The molecule has 30 heavy (non-hydrogen) atoms.